The van der Waals surface area contributed by atoms with E-state index in [1.165, 1.54) is 35.7 Å². The quantitative estimate of drug-likeness (QED) is 0.187. The Morgan fingerprint density at radius 3 is 2.21 bits per heavy atom. The van der Waals surface area contributed by atoms with E-state index in [9.17, 15) is 22.0 Å². The number of halogens is 3. The van der Waals surface area contributed by atoms with Gasteiger partial charge in [-0.2, -0.15) is 4.31 Å². The topological polar surface area (TPSA) is 91.4 Å². The van der Waals surface area contributed by atoms with Crippen LogP contribution in [0.5, 0.6) is 11.5 Å². The molecule has 0 aliphatic carbocycles. The van der Waals surface area contributed by atoms with Crippen molar-refractivity contribution in [3.05, 3.63) is 88.4 Å². The third-order valence-corrected chi connectivity index (χ3v) is 8.85. The van der Waals surface area contributed by atoms with E-state index >= 15 is 0 Å². The summed E-state index contributed by atoms with van der Waals surface area (Å²) in [5, 5.41) is -0.00172. The van der Waals surface area contributed by atoms with E-state index in [0.29, 0.717) is 23.5 Å². The minimum atomic E-state index is -4.66. The van der Waals surface area contributed by atoms with Gasteiger partial charge in [0, 0.05) is 23.7 Å². The molecule has 0 fully saturated rings. The normalized spacial score (nSPS) is 12.1. The smallest absolute Gasteiger partial charge is 0.399 e. The zero-order valence-corrected chi connectivity index (χ0v) is 23.1. The van der Waals surface area contributed by atoms with Gasteiger partial charge in [-0.25, -0.2) is 8.42 Å². The summed E-state index contributed by atoms with van der Waals surface area (Å²) in [6.45, 7) is 2.26. The molecule has 3 rings (SSSR count). The molecule has 0 bridgehead atoms. The molecule has 0 saturated heterocycles. The van der Waals surface area contributed by atoms with E-state index in [1.807, 2.05) is 6.92 Å². The van der Waals surface area contributed by atoms with Gasteiger partial charge in [0.05, 0.1) is 19.9 Å². The van der Waals surface area contributed by atoms with Crippen molar-refractivity contribution in [2.24, 2.45) is 0 Å². The lowest BCUT2D eigenvalue weighted by Gasteiger charge is -2.25. The van der Waals surface area contributed by atoms with Gasteiger partial charge < -0.3 is 9.47 Å². The number of rotatable bonds is 14. The highest BCUT2D eigenvalue weighted by Gasteiger charge is 2.31. The number of methoxy groups -OCH3 is 1. The molecular formula is C25H27ClF2NO7PS. The third-order valence-electron chi connectivity index (χ3n) is 5.52. The summed E-state index contributed by atoms with van der Waals surface area (Å²) in [7, 11) is -7.39. The number of benzene rings is 3. The van der Waals surface area contributed by atoms with Crippen LogP contribution < -0.4 is 9.47 Å². The Bertz CT molecular complexity index is 1390. The number of ether oxygens (including phenoxy) is 2. The van der Waals surface area contributed by atoms with Crippen LogP contribution in [0, 0.1) is 0 Å². The molecule has 0 unspecified atom stereocenters. The summed E-state index contributed by atoms with van der Waals surface area (Å²) in [5.74, 6) is 0.728. The molecule has 0 radical (unpaired) electrons. The van der Waals surface area contributed by atoms with Gasteiger partial charge in [0.1, 0.15) is 16.4 Å². The molecule has 3 aromatic rings. The molecular weight excluding hydrogens is 563 g/mol. The van der Waals surface area contributed by atoms with Gasteiger partial charge in [-0.1, -0.05) is 61.0 Å². The van der Waals surface area contributed by atoms with Crippen LogP contribution in [-0.4, -0.2) is 26.4 Å². The summed E-state index contributed by atoms with van der Waals surface area (Å²) >= 11 is 6.27. The van der Waals surface area contributed by atoms with Crippen LogP contribution in [-0.2, 0) is 43.3 Å². The fraction of sp³-hybridized carbons (Fsp3) is 0.280. The zero-order valence-electron chi connectivity index (χ0n) is 20.7. The van der Waals surface area contributed by atoms with Crippen molar-refractivity contribution in [1.29, 1.82) is 0 Å². The van der Waals surface area contributed by atoms with Gasteiger partial charge in [0.25, 0.3) is 0 Å². The molecule has 13 heteroatoms. The molecule has 0 N–H and O–H groups in total. The van der Waals surface area contributed by atoms with Crippen molar-refractivity contribution in [3.63, 3.8) is 0 Å². The first kappa shape index (κ1) is 30.0. The fourth-order valence-corrected chi connectivity index (χ4v) is 6.40. The maximum atomic E-state index is 13.9. The van der Waals surface area contributed by atoms with E-state index in [4.69, 9.17) is 21.1 Å². The highest BCUT2D eigenvalue weighted by molar-refractivity contribution is 7.89. The SMILES string of the molecule is CCCOc1ccccc1CN(Cc1ccc(CP(=O)(OF)OF)c(Cl)c1)S(=O)(=O)c1ccccc1OC. The number of hydrogen-bond donors (Lipinski definition) is 0. The van der Waals surface area contributed by atoms with Crippen molar-refractivity contribution in [2.45, 2.75) is 37.5 Å². The lowest BCUT2D eigenvalue weighted by Crippen LogP contribution is -2.31. The van der Waals surface area contributed by atoms with Crippen LogP contribution in [0.25, 0.3) is 0 Å². The lowest BCUT2D eigenvalue weighted by atomic mass is 10.1. The van der Waals surface area contributed by atoms with Crippen molar-refractivity contribution < 1.29 is 41.0 Å². The Balaban J connectivity index is 2.01. The summed E-state index contributed by atoms with van der Waals surface area (Å²) < 4.78 is 83.3. The maximum absolute atomic E-state index is 13.9. The Labute approximate surface area is 225 Å². The standard InChI is InChI=1S/C25H27ClF2NO7PS/c1-3-14-34-23-9-5-4-8-20(23)17-29(38(31,32)25-11-7-6-10-24(25)33-2)16-19-12-13-21(22(26)15-19)18-37(30,35-27)36-28/h4-13,15H,3,14,16-18H2,1-2H3. The number of hydrogen-bond acceptors (Lipinski definition) is 7. The highest BCUT2D eigenvalue weighted by Crippen LogP contribution is 2.53. The molecule has 0 aliphatic heterocycles. The molecule has 206 valence electrons. The van der Waals surface area contributed by atoms with Crippen LogP contribution in [0.1, 0.15) is 30.0 Å². The van der Waals surface area contributed by atoms with Crippen LogP contribution in [0.3, 0.4) is 0 Å². The highest BCUT2D eigenvalue weighted by atomic mass is 35.5. The number of sulfonamides is 1. The van der Waals surface area contributed by atoms with Crippen LogP contribution >= 0.6 is 19.2 Å². The predicted octanol–water partition coefficient (Wildman–Crippen LogP) is 7.02. The van der Waals surface area contributed by atoms with Crippen LogP contribution in [0.4, 0.5) is 9.05 Å². The van der Waals surface area contributed by atoms with E-state index in [0.717, 1.165) is 6.42 Å². The second-order valence-electron chi connectivity index (χ2n) is 8.21. The first-order valence-corrected chi connectivity index (χ1v) is 15.0. The van der Waals surface area contributed by atoms with Gasteiger partial charge >= 0.3 is 7.60 Å². The predicted molar refractivity (Wildman–Crippen MR) is 139 cm³/mol. The Kier molecular flexibility index (Phi) is 10.7. The van der Waals surface area contributed by atoms with Gasteiger partial charge in [-0.3, -0.25) is 4.57 Å². The summed E-state index contributed by atoms with van der Waals surface area (Å²) in [4.78, 5) is -0.0293. The Morgan fingerprint density at radius 1 is 0.921 bits per heavy atom. The molecule has 0 amide bonds. The molecule has 0 aliphatic rings. The average molecular weight is 590 g/mol. The minimum absolute atomic E-state index is 0.00172. The number of para-hydroxylation sites is 2. The van der Waals surface area contributed by atoms with Gasteiger partial charge in [-0.15, -0.1) is 9.46 Å². The van der Waals surface area contributed by atoms with E-state index < -0.39 is 23.8 Å². The van der Waals surface area contributed by atoms with Crippen molar-refractivity contribution in [3.8, 4) is 11.5 Å². The van der Waals surface area contributed by atoms with E-state index in [2.05, 4.69) is 9.46 Å². The molecule has 0 saturated carbocycles. The zero-order chi connectivity index (χ0) is 27.8. The summed E-state index contributed by atoms with van der Waals surface area (Å²) in [6, 6.07) is 17.7. The minimum Gasteiger partial charge on any atom is -0.495 e. The second kappa shape index (κ2) is 13.5. The van der Waals surface area contributed by atoms with Crippen molar-refractivity contribution in [1.82, 2.24) is 4.31 Å². The third kappa shape index (κ3) is 7.31. The largest absolute Gasteiger partial charge is 0.495 e. The average Bonchev–Trinajstić information content (AvgIpc) is 2.93. The van der Waals surface area contributed by atoms with Gasteiger partial charge in [-0.05, 0) is 50.9 Å². The number of nitrogens with zero attached hydrogens (tertiary/aromatic N) is 1. The molecule has 8 nitrogen and oxygen atoms in total. The summed E-state index contributed by atoms with van der Waals surface area (Å²) in [6.07, 6.45) is 0.0146. The Hall–Kier alpha value is -2.53. The molecule has 0 spiro atoms. The lowest BCUT2D eigenvalue weighted by molar-refractivity contribution is -0.0881. The first-order valence-electron chi connectivity index (χ1n) is 11.5. The molecule has 0 aromatic heterocycles. The first-order chi connectivity index (χ1) is 18.2. The monoisotopic (exact) mass is 589 g/mol. The van der Waals surface area contributed by atoms with Gasteiger partial charge in [0.15, 0.2) is 0 Å². The second-order valence-corrected chi connectivity index (χ2v) is 12.3. The van der Waals surface area contributed by atoms with Crippen LogP contribution in [0.2, 0.25) is 5.02 Å². The van der Waals surface area contributed by atoms with E-state index in [1.54, 1.807) is 42.5 Å². The Morgan fingerprint density at radius 2 is 1.58 bits per heavy atom. The van der Waals surface area contributed by atoms with E-state index in [-0.39, 0.29) is 34.3 Å². The fourth-order valence-electron chi connectivity index (χ4n) is 3.66. The van der Waals surface area contributed by atoms with Crippen molar-refractivity contribution in [2.75, 3.05) is 13.7 Å². The van der Waals surface area contributed by atoms with Gasteiger partial charge in [0.2, 0.25) is 10.0 Å². The molecule has 0 atom stereocenters. The molecule has 3 aromatic carbocycles. The maximum Gasteiger partial charge on any atom is 0.399 e. The molecule has 38 heavy (non-hydrogen) atoms. The summed E-state index contributed by atoms with van der Waals surface area (Å²) in [5.41, 5.74) is 1.19. The van der Waals surface area contributed by atoms with Crippen LogP contribution in [0.15, 0.2) is 71.6 Å². The van der Waals surface area contributed by atoms with Crippen molar-refractivity contribution >= 4 is 29.2 Å². The molecule has 0 heterocycles.